The number of esters is 3. The van der Waals surface area contributed by atoms with Crippen molar-refractivity contribution in [3.8, 4) is 0 Å². The summed E-state index contributed by atoms with van der Waals surface area (Å²) in [4.78, 5) is 38.1. The molecule has 0 aliphatic heterocycles. The Morgan fingerprint density at radius 3 is 0.971 bits per heavy atom. The predicted octanol–water partition coefficient (Wildman–Crippen LogP) is 19.1. The van der Waals surface area contributed by atoms with Crippen LogP contribution in [0.1, 0.15) is 252 Å². The van der Waals surface area contributed by atoms with E-state index in [1.807, 2.05) is 0 Å². The third-order valence-corrected chi connectivity index (χ3v) is 11.7. The van der Waals surface area contributed by atoms with E-state index in [1.54, 1.807) is 0 Å². The number of allylic oxidation sites excluding steroid dienone is 18. The lowest BCUT2D eigenvalue weighted by Crippen LogP contribution is -2.30. The fourth-order valence-electron chi connectivity index (χ4n) is 7.48. The van der Waals surface area contributed by atoms with Gasteiger partial charge in [0.25, 0.3) is 0 Å². The van der Waals surface area contributed by atoms with Crippen LogP contribution in [0.3, 0.4) is 0 Å². The highest BCUT2D eigenvalue weighted by atomic mass is 16.6. The summed E-state index contributed by atoms with van der Waals surface area (Å²) in [6.07, 6.45) is 76.5. The zero-order valence-corrected chi connectivity index (χ0v) is 44.8. The Hall–Kier alpha value is -3.93. The lowest BCUT2D eigenvalue weighted by atomic mass is 10.1. The van der Waals surface area contributed by atoms with E-state index in [0.717, 1.165) is 109 Å². The molecular weight excluding hydrogens is 853 g/mol. The molecule has 0 amide bonds. The Morgan fingerprint density at radius 2 is 0.580 bits per heavy atom. The van der Waals surface area contributed by atoms with Crippen molar-refractivity contribution in [3.63, 3.8) is 0 Å². The fourth-order valence-corrected chi connectivity index (χ4v) is 7.48. The van der Waals surface area contributed by atoms with Crippen LogP contribution in [0.5, 0.6) is 0 Å². The van der Waals surface area contributed by atoms with Crippen LogP contribution in [0.25, 0.3) is 0 Å². The van der Waals surface area contributed by atoms with Crippen LogP contribution in [0, 0.1) is 0 Å². The molecule has 0 aromatic heterocycles. The van der Waals surface area contributed by atoms with E-state index in [2.05, 4.69) is 130 Å². The minimum absolute atomic E-state index is 0.111. The zero-order valence-electron chi connectivity index (χ0n) is 44.8. The molecule has 0 bridgehead atoms. The number of carbonyl (C=O) groups is 3. The van der Waals surface area contributed by atoms with Crippen molar-refractivity contribution >= 4 is 17.9 Å². The second-order valence-corrected chi connectivity index (χ2v) is 18.5. The molecule has 69 heavy (non-hydrogen) atoms. The first-order valence-electron chi connectivity index (χ1n) is 28.4. The highest BCUT2D eigenvalue weighted by Crippen LogP contribution is 2.13. The van der Waals surface area contributed by atoms with Gasteiger partial charge < -0.3 is 14.2 Å². The Morgan fingerprint density at radius 1 is 0.304 bits per heavy atom. The molecule has 392 valence electrons. The van der Waals surface area contributed by atoms with Crippen molar-refractivity contribution in [2.24, 2.45) is 0 Å². The summed E-state index contributed by atoms with van der Waals surface area (Å²) >= 11 is 0. The number of carbonyl (C=O) groups excluding carboxylic acids is 3. The fraction of sp³-hybridized carbons (Fsp3) is 0.667. The third-order valence-electron chi connectivity index (χ3n) is 11.7. The number of rotatable bonds is 50. The Kier molecular flexibility index (Phi) is 53.4. The number of unbranched alkanes of at least 4 members (excludes halogenated alkanes) is 21. The Balaban J connectivity index is 4.53. The average Bonchev–Trinajstić information content (AvgIpc) is 3.35. The van der Waals surface area contributed by atoms with Crippen molar-refractivity contribution < 1.29 is 28.6 Å². The SMILES string of the molecule is CC/C=C\C/C=C\C/C=C\C/C=C\CCCCCCC(=O)OC[C@H](COC(=O)CCC/C=C\C/C=C\C/C=C\CCCCCCCC)OC(=O)CCCCCCCCC/C=C\C/C=C\CCCCC. The lowest BCUT2D eigenvalue weighted by molar-refractivity contribution is -0.167. The highest BCUT2D eigenvalue weighted by molar-refractivity contribution is 5.71. The van der Waals surface area contributed by atoms with Crippen LogP contribution in [-0.4, -0.2) is 37.2 Å². The molecule has 0 unspecified atom stereocenters. The normalized spacial score (nSPS) is 12.9. The largest absolute Gasteiger partial charge is 0.462 e. The first kappa shape index (κ1) is 65.1. The van der Waals surface area contributed by atoms with Crippen LogP contribution in [0.15, 0.2) is 109 Å². The molecular formula is C63H104O6. The standard InChI is InChI=1S/C63H104O6/c1-4-7-10-13-16-19-22-25-28-31-34-37-40-43-46-49-52-55-61(64)67-58-60(69-63(66)57-54-51-48-45-42-39-36-33-30-27-24-21-18-15-12-9-6-3)59-68-62(65)56-53-50-47-44-41-38-35-32-29-26-23-20-17-14-11-8-5-2/h7,10,16,18-19,21,25-30,34-35,37-38,44,47,60H,4-6,8-9,11-15,17,20,22-24,31-33,36,39-43,45-46,48-59H2,1-3H3/b10-7-,19-16-,21-18-,28-25-,29-26-,30-27-,37-34-,38-35-,47-44-/t60-/m1/s1. The van der Waals surface area contributed by atoms with Crippen molar-refractivity contribution in [2.75, 3.05) is 13.2 Å². The molecule has 0 saturated carbocycles. The highest BCUT2D eigenvalue weighted by Gasteiger charge is 2.19. The smallest absolute Gasteiger partial charge is 0.306 e. The van der Waals surface area contributed by atoms with Gasteiger partial charge in [0.05, 0.1) is 0 Å². The summed E-state index contributed by atoms with van der Waals surface area (Å²) < 4.78 is 16.8. The maximum absolute atomic E-state index is 12.9. The Bertz CT molecular complexity index is 1420. The first-order chi connectivity index (χ1) is 34.0. The molecule has 0 aromatic rings. The van der Waals surface area contributed by atoms with E-state index in [4.69, 9.17) is 14.2 Å². The van der Waals surface area contributed by atoms with E-state index in [0.29, 0.717) is 19.3 Å². The Labute approximate surface area is 425 Å². The van der Waals surface area contributed by atoms with Gasteiger partial charge in [0.1, 0.15) is 13.2 Å². The summed E-state index contributed by atoms with van der Waals surface area (Å²) in [5, 5.41) is 0. The van der Waals surface area contributed by atoms with E-state index in [1.165, 1.54) is 96.3 Å². The van der Waals surface area contributed by atoms with E-state index in [9.17, 15) is 14.4 Å². The molecule has 0 aliphatic carbocycles. The number of hydrogen-bond donors (Lipinski definition) is 0. The first-order valence-corrected chi connectivity index (χ1v) is 28.4. The van der Waals surface area contributed by atoms with E-state index in [-0.39, 0.29) is 37.5 Å². The molecule has 6 nitrogen and oxygen atoms in total. The third kappa shape index (κ3) is 54.9. The summed E-state index contributed by atoms with van der Waals surface area (Å²) in [6.45, 7) is 6.42. The predicted molar refractivity (Wildman–Crippen MR) is 297 cm³/mol. The number of hydrogen-bond acceptors (Lipinski definition) is 6. The molecule has 0 aliphatic rings. The molecule has 0 rings (SSSR count). The van der Waals surface area contributed by atoms with Crippen LogP contribution >= 0.6 is 0 Å². The molecule has 6 heteroatoms. The van der Waals surface area contributed by atoms with Crippen LogP contribution in [0.2, 0.25) is 0 Å². The molecule has 0 heterocycles. The minimum Gasteiger partial charge on any atom is -0.462 e. The zero-order chi connectivity index (χ0) is 50.0. The average molecular weight is 958 g/mol. The molecule has 0 aromatic carbocycles. The van der Waals surface area contributed by atoms with Gasteiger partial charge in [-0.15, -0.1) is 0 Å². The minimum atomic E-state index is -0.815. The maximum Gasteiger partial charge on any atom is 0.306 e. The molecule has 0 saturated heterocycles. The molecule has 0 fully saturated rings. The van der Waals surface area contributed by atoms with E-state index >= 15 is 0 Å². The van der Waals surface area contributed by atoms with Crippen molar-refractivity contribution in [1.82, 2.24) is 0 Å². The summed E-state index contributed by atoms with van der Waals surface area (Å²) in [7, 11) is 0. The summed E-state index contributed by atoms with van der Waals surface area (Å²) in [6, 6.07) is 0. The van der Waals surface area contributed by atoms with Gasteiger partial charge in [0, 0.05) is 19.3 Å². The molecule has 0 N–H and O–H groups in total. The molecule has 0 radical (unpaired) electrons. The quantitative estimate of drug-likeness (QED) is 0.0262. The lowest BCUT2D eigenvalue weighted by Gasteiger charge is -2.18. The van der Waals surface area contributed by atoms with Crippen molar-refractivity contribution in [2.45, 2.75) is 258 Å². The van der Waals surface area contributed by atoms with Gasteiger partial charge in [-0.05, 0) is 122 Å². The second-order valence-electron chi connectivity index (χ2n) is 18.5. The molecule has 0 spiro atoms. The van der Waals surface area contributed by atoms with Crippen LogP contribution < -0.4 is 0 Å². The van der Waals surface area contributed by atoms with Gasteiger partial charge in [-0.2, -0.15) is 0 Å². The monoisotopic (exact) mass is 957 g/mol. The van der Waals surface area contributed by atoms with Gasteiger partial charge in [-0.25, -0.2) is 0 Å². The van der Waals surface area contributed by atoms with Gasteiger partial charge in [0.15, 0.2) is 6.10 Å². The maximum atomic E-state index is 12.9. The van der Waals surface area contributed by atoms with Gasteiger partial charge in [-0.1, -0.05) is 220 Å². The molecule has 1 atom stereocenters. The van der Waals surface area contributed by atoms with Crippen LogP contribution in [0.4, 0.5) is 0 Å². The van der Waals surface area contributed by atoms with Crippen molar-refractivity contribution in [1.29, 1.82) is 0 Å². The number of ether oxygens (including phenoxy) is 3. The summed E-state index contributed by atoms with van der Waals surface area (Å²) in [5.74, 6) is -0.995. The topological polar surface area (TPSA) is 78.9 Å². The van der Waals surface area contributed by atoms with Crippen molar-refractivity contribution in [3.05, 3.63) is 109 Å². The van der Waals surface area contributed by atoms with Crippen LogP contribution in [-0.2, 0) is 28.6 Å². The second kappa shape index (κ2) is 56.7. The van der Waals surface area contributed by atoms with Gasteiger partial charge in [0.2, 0.25) is 0 Å². The van der Waals surface area contributed by atoms with Gasteiger partial charge in [-0.3, -0.25) is 14.4 Å². The van der Waals surface area contributed by atoms with Gasteiger partial charge >= 0.3 is 17.9 Å². The van der Waals surface area contributed by atoms with E-state index < -0.39 is 6.10 Å². The summed E-state index contributed by atoms with van der Waals surface area (Å²) in [5.41, 5.74) is 0.